The van der Waals surface area contributed by atoms with Crippen molar-refractivity contribution in [3.63, 3.8) is 0 Å². The first kappa shape index (κ1) is 14.5. The van der Waals surface area contributed by atoms with Crippen molar-refractivity contribution < 1.29 is 14.0 Å². The fourth-order valence-corrected chi connectivity index (χ4v) is 2.51. The predicted molar refractivity (Wildman–Crippen MR) is 78.6 cm³/mol. The number of benzene rings is 1. The molecule has 0 bridgehead atoms. The summed E-state index contributed by atoms with van der Waals surface area (Å²) in [5, 5.41) is 4.45. The van der Waals surface area contributed by atoms with E-state index in [9.17, 15) is 0 Å². The molecule has 0 saturated carbocycles. The van der Waals surface area contributed by atoms with E-state index in [1.807, 2.05) is 13.8 Å². The van der Waals surface area contributed by atoms with Crippen LogP contribution in [0.25, 0.3) is 11.3 Å². The van der Waals surface area contributed by atoms with E-state index in [-0.39, 0.29) is 11.8 Å². The van der Waals surface area contributed by atoms with Crippen LogP contribution < -0.4 is 15.2 Å². The molecule has 1 aromatic heterocycles. The van der Waals surface area contributed by atoms with Gasteiger partial charge in [0.1, 0.15) is 5.69 Å². The fraction of sp³-hybridized carbons (Fsp3) is 0.357. The zero-order valence-corrected chi connectivity index (χ0v) is 12.6. The largest absolute Gasteiger partial charge is 0.493 e. The summed E-state index contributed by atoms with van der Waals surface area (Å²) in [6.07, 6.45) is 0. The van der Waals surface area contributed by atoms with Gasteiger partial charge in [-0.3, -0.25) is 0 Å². The Morgan fingerprint density at radius 3 is 2.40 bits per heavy atom. The van der Waals surface area contributed by atoms with Gasteiger partial charge in [-0.25, -0.2) is 0 Å². The number of hydrogen-bond acceptors (Lipinski definition) is 5. The van der Waals surface area contributed by atoms with Crippen LogP contribution in [0.2, 0.25) is 5.02 Å². The quantitative estimate of drug-likeness (QED) is 0.931. The molecule has 0 radical (unpaired) electrons. The van der Waals surface area contributed by atoms with Gasteiger partial charge >= 0.3 is 0 Å². The SMILES string of the molecule is COc1cc(Cl)c(-c2cc(N)on2)c(C(C)C)c1OC. The van der Waals surface area contributed by atoms with Crippen molar-refractivity contribution in [3.05, 3.63) is 22.7 Å². The standard InChI is InChI=1S/C14H17ClN2O3/c1-7(2)12-13(9-6-11(16)20-17-9)8(15)5-10(18-3)14(12)19-4/h5-7H,16H2,1-4H3. The second-order valence-electron chi connectivity index (χ2n) is 4.65. The molecule has 0 aliphatic carbocycles. The van der Waals surface area contributed by atoms with Gasteiger partial charge in [0.25, 0.3) is 0 Å². The van der Waals surface area contributed by atoms with Crippen LogP contribution in [-0.2, 0) is 0 Å². The number of nitrogen functional groups attached to an aromatic ring is 1. The highest BCUT2D eigenvalue weighted by atomic mass is 35.5. The number of ether oxygens (including phenoxy) is 2. The summed E-state index contributed by atoms with van der Waals surface area (Å²) in [4.78, 5) is 0. The van der Waals surface area contributed by atoms with Gasteiger partial charge in [-0.15, -0.1) is 0 Å². The number of rotatable bonds is 4. The van der Waals surface area contributed by atoms with Crippen LogP contribution in [-0.4, -0.2) is 19.4 Å². The van der Waals surface area contributed by atoms with E-state index < -0.39 is 0 Å². The number of nitrogens with two attached hydrogens (primary N) is 1. The summed E-state index contributed by atoms with van der Waals surface area (Å²) in [6, 6.07) is 3.34. The van der Waals surface area contributed by atoms with Crippen LogP contribution in [0.3, 0.4) is 0 Å². The predicted octanol–water partition coefficient (Wildman–Crippen LogP) is 3.72. The molecule has 1 heterocycles. The van der Waals surface area contributed by atoms with E-state index in [0.29, 0.717) is 22.2 Å². The molecule has 0 spiro atoms. The van der Waals surface area contributed by atoms with Crippen LogP contribution in [0.5, 0.6) is 11.5 Å². The van der Waals surface area contributed by atoms with Crippen LogP contribution >= 0.6 is 11.6 Å². The van der Waals surface area contributed by atoms with Crippen LogP contribution in [0.4, 0.5) is 5.88 Å². The molecule has 108 valence electrons. The highest BCUT2D eigenvalue weighted by Gasteiger charge is 2.24. The molecule has 5 nitrogen and oxygen atoms in total. The van der Waals surface area contributed by atoms with Crippen molar-refractivity contribution in [3.8, 4) is 22.8 Å². The number of aromatic nitrogens is 1. The molecule has 1 aromatic carbocycles. The zero-order chi connectivity index (χ0) is 14.9. The Hall–Kier alpha value is -1.88. The molecule has 6 heteroatoms. The van der Waals surface area contributed by atoms with Crippen molar-refractivity contribution in [1.82, 2.24) is 5.16 Å². The number of hydrogen-bond donors (Lipinski definition) is 1. The lowest BCUT2D eigenvalue weighted by Gasteiger charge is -2.19. The van der Waals surface area contributed by atoms with Crippen molar-refractivity contribution in [2.45, 2.75) is 19.8 Å². The Morgan fingerprint density at radius 1 is 1.25 bits per heavy atom. The third-order valence-electron chi connectivity index (χ3n) is 3.02. The molecule has 2 rings (SSSR count). The molecule has 0 unspecified atom stereocenters. The highest BCUT2D eigenvalue weighted by Crippen LogP contribution is 2.46. The van der Waals surface area contributed by atoms with Crippen molar-refractivity contribution in [2.24, 2.45) is 0 Å². The number of methoxy groups -OCH3 is 2. The van der Waals surface area contributed by atoms with Crippen molar-refractivity contribution in [1.29, 1.82) is 0 Å². The lowest BCUT2D eigenvalue weighted by molar-refractivity contribution is 0.350. The molecular weight excluding hydrogens is 280 g/mol. The van der Waals surface area contributed by atoms with Gasteiger partial charge in [0, 0.05) is 23.3 Å². The summed E-state index contributed by atoms with van der Waals surface area (Å²) >= 11 is 6.37. The molecule has 0 fully saturated rings. The van der Waals surface area contributed by atoms with E-state index in [1.165, 1.54) is 0 Å². The first-order valence-corrected chi connectivity index (χ1v) is 6.54. The Morgan fingerprint density at radius 2 is 1.95 bits per heavy atom. The van der Waals surface area contributed by atoms with Crippen LogP contribution in [0.1, 0.15) is 25.3 Å². The molecule has 0 atom stereocenters. The molecule has 0 aliphatic rings. The third kappa shape index (κ3) is 2.41. The Balaban J connectivity index is 2.78. The average molecular weight is 297 g/mol. The summed E-state index contributed by atoms with van der Waals surface area (Å²) in [7, 11) is 3.17. The van der Waals surface area contributed by atoms with Gasteiger partial charge in [-0.05, 0) is 5.92 Å². The van der Waals surface area contributed by atoms with E-state index in [0.717, 1.165) is 11.1 Å². The van der Waals surface area contributed by atoms with Crippen molar-refractivity contribution >= 4 is 17.5 Å². The highest BCUT2D eigenvalue weighted by molar-refractivity contribution is 6.33. The summed E-state index contributed by atoms with van der Waals surface area (Å²) in [6.45, 7) is 4.08. The Labute approximate surface area is 122 Å². The van der Waals surface area contributed by atoms with E-state index in [4.69, 9.17) is 31.3 Å². The van der Waals surface area contributed by atoms with Gasteiger partial charge in [0.05, 0.1) is 19.2 Å². The second-order valence-corrected chi connectivity index (χ2v) is 5.06. The maximum Gasteiger partial charge on any atom is 0.222 e. The smallest absolute Gasteiger partial charge is 0.222 e. The molecule has 0 amide bonds. The number of halogens is 1. The first-order valence-electron chi connectivity index (χ1n) is 6.16. The summed E-state index contributed by atoms with van der Waals surface area (Å²) in [5.41, 5.74) is 7.83. The minimum absolute atomic E-state index is 0.158. The van der Waals surface area contributed by atoms with Gasteiger partial charge in [0.15, 0.2) is 11.5 Å². The Kier molecular flexibility index (Phi) is 4.09. The first-order chi connectivity index (χ1) is 9.49. The normalized spacial score (nSPS) is 10.9. The second kappa shape index (κ2) is 5.63. The molecule has 0 aliphatic heterocycles. The molecule has 2 aromatic rings. The van der Waals surface area contributed by atoms with Gasteiger partial charge < -0.3 is 19.7 Å². The van der Waals surface area contributed by atoms with Gasteiger partial charge in [-0.2, -0.15) is 0 Å². The monoisotopic (exact) mass is 296 g/mol. The maximum atomic E-state index is 6.37. The fourth-order valence-electron chi connectivity index (χ4n) is 2.21. The number of nitrogens with zero attached hydrogens (tertiary/aromatic N) is 1. The van der Waals surface area contributed by atoms with Gasteiger partial charge in [0.2, 0.25) is 5.88 Å². The van der Waals surface area contributed by atoms with Gasteiger partial charge in [-0.1, -0.05) is 30.6 Å². The zero-order valence-electron chi connectivity index (χ0n) is 11.9. The molecule has 0 saturated heterocycles. The molecule has 20 heavy (non-hydrogen) atoms. The lowest BCUT2D eigenvalue weighted by Crippen LogP contribution is -2.01. The Bertz CT molecular complexity index is 623. The van der Waals surface area contributed by atoms with E-state index in [1.54, 1.807) is 26.4 Å². The van der Waals surface area contributed by atoms with Crippen LogP contribution in [0.15, 0.2) is 16.7 Å². The van der Waals surface area contributed by atoms with Crippen molar-refractivity contribution in [2.75, 3.05) is 20.0 Å². The summed E-state index contributed by atoms with van der Waals surface area (Å²) in [5.74, 6) is 1.62. The lowest BCUT2D eigenvalue weighted by atomic mass is 9.93. The van der Waals surface area contributed by atoms with E-state index in [2.05, 4.69) is 5.16 Å². The summed E-state index contributed by atoms with van der Waals surface area (Å²) < 4.78 is 15.7. The topological polar surface area (TPSA) is 70.5 Å². The maximum absolute atomic E-state index is 6.37. The average Bonchev–Trinajstić information content (AvgIpc) is 2.83. The minimum atomic E-state index is 0.158. The molecule has 2 N–H and O–H groups in total. The third-order valence-corrected chi connectivity index (χ3v) is 3.32. The van der Waals surface area contributed by atoms with Crippen LogP contribution in [0, 0.1) is 0 Å². The molecular formula is C14H17ClN2O3. The number of anilines is 1. The minimum Gasteiger partial charge on any atom is -0.493 e. The van der Waals surface area contributed by atoms with E-state index >= 15 is 0 Å².